The predicted molar refractivity (Wildman–Crippen MR) is 103 cm³/mol. The standard InChI is InChI=1S/C20H26N2O5/c1-24-16-7-5-6-15(11-16)19(27-4)13-22-20(23)21-12-14-8-9-17(25-2)18(10-14)26-3/h5-11,19H,12-13H2,1-4H3,(H2,21,22,23). The van der Waals surface area contributed by atoms with Crippen LogP contribution >= 0.6 is 0 Å². The second-order valence-electron chi connectivity index (χ2n) is 5.75. The first-order valence-electron chi connectivity index (χ1n) is 8.50. The first-order valence-corrected chi connectivity index (χ1v) is 8.50. The molecule has 0 fully saturated rings. The van der Waals surface area contributed by atoms with Gasteiger partial charge < -0.3 is 29.6 Å². The normalized spacial score (nSPS) is 11.4. The van der Waals surface area contributed by atoms with E-state index in [2.05, 4.69) is 10.6 Å². The second-order valence-corrected chi connectivity index (χ2v) is 5.75. The molecule has 0 radical (unpaired) electrons. The number of carbonyl (C=O) groups excluding carboxylic acids is 1. The van der Waals surface area contributed by atoms with Gasteiger partial charge in [0.05, 0.1) is 27.4 Å². The number of carbonyl (C=O) groups is 1. The molecule has 2 N–H and O–H groups in total. The van der Waals surface area contributed by atoms with Gasteiger partial charge in [0.1, 0.15) is 5.75 Å². The summed E-state index contributed by atoms with van der Waals surface area (Å²) in [6.07, 6.45) is -0.271. The molecule has 7 nitrogen and oxygen atoms in total. The van der Waals surface area contributed by atoms with Gasteiger partial charge in [0, 0.05) is 20.2 Å². The van der Waals surface area contributed by atoms with Gasteiger partial charge in [-0.15, -0.1) is 0 Å². The van der Waals surface area contributed by atoms with Crippen molar-refractivity contribution in [2.75, 3.05) is 35.0 Å². The summed E-state index contributed by atoms with van der Waals surface area (Å²) in [6, 6.07) is 12.8. The minimum absolute atomic E-state index is 0.271. The first kappa shape index (κ1) is 20.4. The molecule has 27 heavy (non-hydrogen) atoms. The number of hydrogen-bond acceptors (Lipinski definition) is 5. The molecular formula is C20H26N2O5. The minimum atomic E-state index is -0.283. The van der Waals surface area contributed by atoms with Crippen LogP contribution in [-0.2, 0) is 11.3 Å². The van der Waals surface area contributed by atoms with E-state index in [1.165, 1.54) is 0 Å². The number of methoxy groups -OCH3 is 4. The molecule has 0 aliphatic heterocycles. The van der Waals surface area contributed by atoms with E-state index >= 15 is 0 Å². The number of ether oxygens (including phenoxy) is 4. The summed E-state index contributed by atoms with van der Waals surface area (Å²) in [5.74, 6) is 2.01. The molecule has 1 unspecified atom stereocenters. The molecule has 1 atom stereocenters. The van der Waals surface area contributed by atoms with E-state index in [-0.39, 0.29) is 12.1 Å². The summed E-state index contributed by atoms with van der Waals surface area (Å²) in [5, 5.41) is 5.63. The van der Waals surface area contributed by atoms with Crippen molar-refractivity contribution >= 4 is 6.03 Å². The summed E-state index contributed by atoms with van der Waals surface area (Å²) in [7, 11) is 6.37. The number of rotatable bonds is 9. The van der Waals surface area contributed by atoms with E-state index < -0.39 is 0 Å². The highest BCUT2D eigenvalue weighted by Crippen LogP contribution is 2.27. The number of urea groups is 1. The Morgan fingerprint density at radius 1 is 0.926 bits per heavy atom. The minimum Gasteiger partial charge on any atom is -0.497 e. The van der Waals surface area contributed by atoms with Gasteiger partial charge in [-0.05, 0) is 35.4 Å². The van der Waals surface area contributed by atoms with Gasteiger partial charge in [0.2, 0.25) is 0 Å². The maximum Gasteiger partial charge on any atom is 0.315 e. The molecule has 0 saturated carbocycles. The number of amides is 2. The highest BCUT2D eigenvalue weighted by atomic mass is 16.5. The molecule has 2 aromatic carbocycles. The maximum absolute atomic E-state index is 12.1. The largest absolute Gasteiger partial charge is 0.497 e. The lowest BCUT2D eigenvalue weighted by atomic mass is 10.1. The molecule has 0 aliphatic carbocycles. The molecular weight excluding hydrogens is 348 g/mol. The average molecular weight is 374 g/mol. The lowest BCUT2D eigenvalue weighted by Gasteiger charge is -2.17. The Balaban J connectivity index is 1.87. The fraction of sp³-hybridized carbons (Fsp3) is 0.350. The Hall–Kier alpha value is -2.93. The topological polar surface area (TPSA) is 78.1 Å². The van der Waals surface area contributed by atoms with E-state index in [1.54, 1.807) is 34.5 Å². The van der Waals surface area contributed by atoms with Gasteiger partial charge >= 0.3 is 6.03 Å². The van der Waals surface area contributed by atoms with Gasteiger partial charge in [-0.2, -0.15) is 0 Å². The second kappa shape index (κ2) is 10.3. The Bertz CT molecular complexity index is 751. The highest BCUT2D eigenvalue weighted by Gasteiger charge is 2.13. The zero-order valence-electron chi connectivity index (χ0n) is 16.1. The van der Waals surface area contributed by atoms with Crippen molar-refractivity contribution in [2.45, 2.75) is 12.6 Å². The van der Waals surface area contributed by atoms with Crippen LogP contribution in [-0.4, -0.2) is 41.0 Å². The fourth-order valence-corrected chi connectivity index (χ4v) is 2.60. The third kappa shape index (κ3) is 5.79. The van der Waals surface area contributed by atoms with Crippen LogP contribution < -0.4 is 24.8 Å². The number of nitrogens with one attached hydrogen (secondary N) is 2. The molecule has 146 valence electrons. The van der Waals surface area contributed by atoms with Crippen molar-refractivity contribution < 1.29 is 23.7 Å². The predicted octanol–water partition coefficient (Wildman–Crippen LogP) is 2.90. The Morgan fingerprint density at radius 3 is 2.37 bits per heavy atom. The van der Waals surface area contributed by atoms with Crippen LogP contribution in [0.1, 0.15) is 17.2 Å². The molecule has 0 heterocycles. The average Bonchev–Trinajstić information content (AvgIpc) is 2.72. The van der Waals surface area contributed by atoms with Crippen LogP contribution in [0.25, 0.3) is 0 Å². The quantitative estimate of drug-likeness (QED) is 0.706. The Morgan fingerprint density at radius 2 is 1.70 bits per heavy atom. The van der Waals surface area contributed by atoms with Crippen molar-refractivity contribution in [2.24, 2.45) is 0 Å². The summed E-state index contributed by atoms with van der Waals surface area (Å²) in [6.45, 7) is 0.699. The van der Waals surface area contributed by atoms with Gasteiger partial charge in [-0.1, -0.05) is 18.2 Å². The molecule has 7 heteroatoms. The van der Waals surface area contributed by atoms with Crippen LogP contribution in [0, 0.1) is 0 Å². The maximum atomic E-state index is 12.1. The lowest BCUT2D eigenvalue weighted by molar-refractivity contribution is 0.104. The zero-order valence-corrected chi connectivity index (χ0v) is 16.1. The van der Waals surface area contributed by atoms with Gasteiger partial charge in [0.25, 0.3) is 0 Å². The Labute approximate surface area is 159 Å². The van der Waals surface area contributed by atoms with E-state index in [1.807, 2.05) is 36.4 Å². The van der Waals surface area contributed by atoms with Crippen LogP contribution in [0.3, 0.4) is 0 Å². The van der Waals surface area contributed by atoms with Crippen molar-refractivity contribution in [3.8, 4) is 17.2 Å². The summed E-state index contributed by atoms with van der Waals surface area (Å²) in [4.78, 5) is 12.1. The molecule has 2 rings (SSSR count). The van der Waals surface area contributed by atoms with Crippen LogP contribution in [0.4, 0.5) is 4.79 Å². The van der Waals surface area contributed by atoms with E-state index in [0.29, 0.717) is 24.6 Å². The van der Waals surface area contributed by atoms with Gasteiger partial charge in [0.15, 0.2) is 11.5 Å². The molecule has 0 aliphatic rings. The van der Waals surface area contributed by atoms with Gasteiger partial charge in [-0.25, -0.2) is 4.79 Å². The van der Waals surface area contributed by atoms with Crippen molar-refractivity contribution in [3.63, 3.8) is 0 Å². The van der Waals surface area contributed by atoms with Crippen molar-refractivity contribution in [1.82, 2.24) is 10.6 Å². The SMILES string of the molecule is COc1cccc(C(CNC(=O)NCc2ccc(OC)c(OC)c2)OC)c1. The highest BCUT2D eigenvalue weighted by molar-refractivity contribution is 5.73. The van der Waals surface area contributed by atoms with Crippen LogP contribution in [0.5, 0.6) is 17.2 Å². The molecule has 0 aromatic heterocycles. The third-order valence-electron chi connectivity index (χ3n) is 4.10. The Kier molecular flexibility index (Phi) is 7.76. The summed E-state index contributed by atoms with van der Waals surface area (Å²) in [5.41, 5.74) is 1.83. The molecule has 0 bridgehead atoms. The lowest BCUT2D eigenvalue weighted by Crippen LogP contribution is -2.37. The van der Waals surface area contributed by atoms with E-state index in [4.69, 9.17) is 18.9 Å². The molecule has 2 aromatic rings. The fourth-order valence-electron chi connectivity index (χ4n) is 2.60. The monoisotopic (exact) mass is 374 g/mol. The third-order valence-corrected chi connectivity index (χ3v) is 4.10. The summed E-state index contributed by atoms with van der Waals surface area (Å²) >= 11 is 0. The molecule has 0 spiro atoms. The van der Waals surface area contributed by atoms with Crippen molar-refractivity contribution in [1.29, 1.82) is 0 Å². The van der Waals surface area contributed by atoms with E-state index in [0.717, 1.165) is 16.9 Å². The first-order chi connectivity index (χ1) is 13.1. The van der Waals surface area contributed by atoms with Gasteiger partial charge in [-0.3, -0.25) is 0 Å². The van der Waals surface area contributed by atoms with Crippen LogP contribution in [0.2, 0.25) is 0 Å². The van der Waals surface area contributed by atoms with Crippen molar-refractivity contribution in [3.05, 3.63) is 53.6 Å². The number of benzene rings is 2. The number of hydrogen-bond donors (Lipinski definition) is 2. The zero-order chi connectivity index (χ0) is 19.6. The molecule has 0 saturated heterocycles. The smallest absolute Gasteiger partial charge is 0.315 e. The summed E-state index contributed by atoms with van der Waals surface area (Å²) < 4.78 is 21.2. The van der Waals surface area contributed by atoms with Crippen LogP contribution in [0.15, 0.2) is 42.5 Å². The van der Waals surface area contributed by atoms with E-state index in [9.17, 15) is 4.79 Å². The molecule has 2 amide bonds.